The zero-order chi connectivity index (χ0) is 10.7. The van der Waals surface area contributed by atoms with E-state index in [1.54, 1.807) is 0 Å². The largest absolute Gasteiger partial charge is 0.343 e. The fourth-order valence-electron chi connectivity index (χ4n) is 1.23. The first kappa shape index (κ1) is 10.7. The summed E-state index contributed by atoms with van der Waals surface area (Å²) >= 11 is 0. The number of nitrogens with one attached hydrogen (secondary N) is 1. The summed E-state index contributed by atoms with van der Waals surface area (Å²) in [7, 11) is 0. The normalized spacial score (nSPS) is 10.3. The van der Waals surface area contributed by atoms with Crippen molar-refractivity contribution in [3.63, 3.8) is 0 Å². The standard InChI is InChI=1S/C9H14FN3O/c1-4-13(5-2)9-11-6(3)7(10)8(14)12-9/h4-5H2,1-3H3,(H,11,12,14). The topological polar surface area (TPSA) is 49.0 Å². The van der Waals surface area contributed by atoms with E-state index in [9.17, 15) is 9.18 Å². The van der Waals surface area contributed by atoms with Gasteiger partial charge in [0.15, 0.2) is 0 Å². The van der Waals surface area contributed by atoms with E-state index in [0.717, 1.165) is 13.1 Å². The molecular formula is C9H14FN3O. The van der Waals surface area contributed by atoms with Gasteiger partial charge in [0.2, 0.25) is 11.8 Å². The van der Waals surface area contributed by atoms with Crippen molar-refractivity contribution in [1.82, 2.24) is 9.97 Å². The van der Waals surface area contributed by atoms with Crippen LogP contribution in [0.25, 0.3) is 0 Å². The van der Waals surface area contributed by atoms with Gasteiger partial charge in [-0.15, -0.1) is 0 Å². The Morgan fingerprint density at radius 3 is 2.43 bits per heavy atom. The van der Waals surface area contributed by atoms with E-state index in [0.29, 0.717) is 5.95 Å². The SMILES string of the molecule is CCN(CC)c1nc(C)c(F)c(=O)[nH]1. The molecule has 1 aromatic rings. The Morgan fingerprint density at radius 1 is 1.43 bits per heavy atom. The molecule has 0 saturated heterocycles. The summed E-state index contributed by atoms with van der Waals surface area (Å²) in [6.45, 7) is 6.83. The molecule has 14 heavy (non-hydrogen) atoms. The highest BCUT2D eigenvalue weighted by molar-refractivity contribution is 5.29. The lowest BCUT2D eigenvalue weighted by atomic mass is 10.4. The third-order valence-electron chi connectivity index (χ3n) is 2.08. The maximum atomic E-state index is 13.0. The Morgan fingerprint density at radius 2 is 2.00 bits per heavy atom. The molecule has 1 N–H and O–H groups in total. The molecule has 0 aliphatic heterocycles. The fraction of sp³-hybridized carbons (Fsp3) is 0.556. The van der Waals surface area contributed by atoms with Gasteiger partial charge >= 0.3 is 0 Å². The van der Waals surface area contributed by atoms with Crippen LogP contribution in [0.15, 0.2) is 4.79 Å². The summed E-state index contributed by atoms with van der Waals surface area (Å²) in [5.74, 6) is -0.375. The molecule has 0 radical (unpaired) electrons. The molecular weight excluding hydrogens is 185 g/mol. The van der Waals surface area contributed by atoms with Crippen LogP contribution in [-0.4, -0.2) is 23.1 Å². The van der Waals surface area contributed by atoms with E-state index in [4.69, 9.17) is 0 Å². The molecule has 0 aliphatic rings. The molecule has 0 aromatic carbocycles. The highest BCUT2D eigenvalue weighted by Gasteiger charge is 2.10. The van der Waals surface area contributed by atoms with Crippen molar-refractivity contribution in [2.75, 3.05) is 18.0 Å². The van der Waals surface area contributed by atoms with Gasteiger partial charge in [-0.3, -0.25) is 9.78 Å². The maximum absolute atomic E-state index is 13.0. The van der Waals surface area contributed by atoms with Crippen LogP contribution in [0.1, 0.15) is 19.5 Å². The molecule has 0 aliphatic carbocycles. The van der Waals surface area contributed by atoms with Crippen LogP contribution in [0.3, 0.4) is 0 Å². The van der Waals surface area contributed by atoms with Crippen LogP contribution in [0, 0.1) is 12.7 Å². The predicted molar refractivity (Wildman–Crippen MR) is 53.1 cm³/mol. The van der Waals surface area contributed by atoms with Gasteiger partial charge in [-0.05, 0) is 20.8 Å². The van der Waals surface area contributed by atoms with Crippen LogP contribution in [0.5, 0.6) is 0 Å². The van der Waals surface area contributed by atoms with Crippen molar-refractivity contribution in [2.45, 2.75) is 20.8 Å². The fourth-order valence-corrected chi connectivity index (χ4v) is 1.23. The minimum Gasteiger partial charge on any atom is -0.343 e. The summed E-state index contributed by atoms with van der Waals surface area (Å²) < 4.78 is 13.0. The molecule has 1 heterocycles. The number of nitrogens with zero attached hydrogens (tertiary/aromatic N) is 2. The van der Waals surface area contributed by atoms with Crippen molar-refractivity contribution in [3.05, 3.63) is 21.9 Å². The molecule has 0 fully saturated rings. The second kappa shape index (κ2) is 4.21. The summed E-state index contributed by atoms with van der Waals surface area (Å²) in [4.78, 5) is 19.3. The summed E-state index contributed by atoms with van der Waals surface area (Å²) in [5, 5.41) is 0. The average molecular weight is 199 g/mol. The first-order valence-corrected chi connectivity index (χ1v) is 4.61. The number of halogens is 1. The summed E-state index contributed by atoms with van der Waals surface area (Å²) in [5.41, 5.74) is -0.574. The van der Waals surface area contributed by atoms with Crippen LogP contribution in [0.4, 0.5) is 10.3 Å². The zero-order valence-electron chi connectivity index (χ0n) is 8.59. The van der Waals surface area contributed by atoms with E-state index in [2.05, 4.69) is 9.97 Å². The van der Waals surface area contributed by atoms with Gasteiger partial charge in [-0.25, -0.2) is 4.98 Å². The quantitative estimate of drug-likeness (QED) is 0.792. The van der Waals surface area contributed by atoms with Crippen LogP contribution < -0.4 is 10.5 Å². The van der Waals surface area contributed by atoms with Gasteiger partial charge < -0.3 is 4.90 Å². The average Bonchev–Trinajstić information content (AvgIpc) is 2.16. The van der Waals surface area contributed by atoms with E-state index < -0.39 is 11.4 Å². The molecule has 0 unspecified atom stereocenters. The Balaban J connectivity index is 3.18. The lowest BCUT2D eigenvalue weighted by Gasteiger charge is -2.18. The Bertz CT molecular complexity index is 371. The molecule has 0 amide bonds. The van der Waals surface area contributed by atoms with Crippen LogP contribution >= 0.6 is 0 Å². The first-order chi connectivity index (χ1) is 6.60. The Hall–Kier alpha value is -1.39. The second-order valence-corrected chi connectivity index (χ2v) is 2.96. The molecule has 1 rings (SSSR count). The van der Waals surface area contributed by atoms with Crippen molar-refractivity contribution in [2.24, 2.45) is 0 Å². The number of H-pyrrole nitrogens is 1. The van der Waals surface area contributed by atoms with Gasteiger partial charge in [0.1, 0.15) is 0 Å². The van der Waals surface area contributed by atoms with Gasteiger partial charge in [0, 0.05) is 13.1 Å². The van der Waals surface area contributed by atoms with Crippen molar-refractivity contribution >= 4 is 5.95 Å². The number of anilines is 1. The van der Waals surface area contributed by atoms with Crippen molar-refractivity contribution in [3.8, 4) is 0 Å². The maximum Gasteiger partial charge on any atom is 0.288 e. The predicted octanol–water partition coefficient (Wildman–Crippen LogP) is 1.06. The minimum atomic E-state index is -0.805. The Labute approximate surface area is 81.8 Å². The molecule has 5 heteroatoms. The number of rotatable bonds is 3. The number of hydrogen-bond donors (Lipinski definition) is 1. The molecule has 1 aromatic heterocycles. The van der Waals surface area contributed by atoms with Crippen molar-refractivity contribution < 1.29 is 4.39 Å². The second-order valence-electron chi connectivity index (χ2n) is 2.96. The molecule has 0 saturated carbocycles. The van der Waals surface area contributed by atoms with Gasteiger partial charge in [0.25, 0.3) is 5.56 Å². The molecule has 0 spiro atoms. The monoisotopic (exact) mass is 199 g/mol. The van der Waals surface area contributed by atoms with Crippen LogP contribution in [-0.2, 0) is 0 Å². The number of aromatic nitrogens is 2. The highest BCUT2D eigenvalue weighted by Crippen LogP contribution is 2.06. The van der Waals surface area contributed by atoms with E-state index in [1.165, 1.54) is 6.92 Å². The number of aryl methyl sites for hydroxylation is 1. The zero-order valence-corrected chi connectivity index (χ0v) is 8.59. The number of hydrogen-bond acceptors (Lipinski definition) is 3. The summed E-state index contributed by atoms with van der Waals surface area (Å²) in [6.07, 6.45) is 0. The van der Waals surface area contributed by atoms with Gasteiger partial charge in [-0.1, -0.05) is 0 Å². The van der Waals surface area contributed by atoms with Gasteiger partial charge in [0.05, 0.1) is 5.69 Å². The highest BCUT2D eigenvalue weighted by atomic mass is 19.1. The third-order valence-corrected chi connectivity index (χ3v) is 2.08. The van der Waals surface area contributed by atoms with Crippen molar-refractivity contribution in [1.29, 1.82) is 0 Å². The number of aromatic amines is 1. The van der Waals surface area contributed by atoms with Crippen LogP contribution in [0.2, 0.25) is 0 Å². The third kappa shape index (κ3) is 1.92. The van der Waals surface area contributed by atoms with E-state index >= 15 is 0 Å². The first-order valence-electron chi connectivity index (χ1n) is 4.61. The lowest BCUT2D eigenvalue weighted by molar-refractivity contribution is 0.586. The molecule has 4 nitrogen and oxygen atoms in total. The lowest BCUT2D eigenvalue weighted by Crippen LogP contribution is -2.28. The molecule has 78 valence electrons. The minimum absolute atomic E-state index is 0.135. The van der Waals surface area contributed by atoms with E-state index in [1.807, 2.05) is 18.7 Å². The smallest absolute Gasteiger partial charge is 0.288 e. The Kier molecular flexibility index (Phi) is 3.22. The molecule has 0 atom stereocenters. The van der Waals surface area contributed by atoms with Gasteiger partial charge in [-0.2, -0.15) is 4.39 Å². The molecule has 0 bridgehead atoms. The van der Waals surface area contributed by atoms with E-state index in [-0.39, 0.29) is 5.69 Å². The summed E-state index contributed by atoms with van der Waals surface area (Å²) in [6, 6.07) is 0.